The van der Waals surface area contributed by atoms with Crippen LogP contribution in [0.4, 0.5) is 5.69 Å². The van der Waals surface area contributed by atoms with Gasteiger partial charge in [-0.15, -0.1) is 10.2 Å². The molecule has 2 rings (SSSR count). The van der Waals surface area contributed by atoms with Crippen molar-refractivity contribution in [2.24, 2.45) is 0 Å². The third-order valence-electron chi connectivity index (χ3n) is 3.06. The van der Waals surface area contributed by atoms with Crippen LogP contribution in [0.2, 0.25) is 0 Å². The lowest BCUT2D eigenvalue weighted by Crippen LogP contribution is -2.09. The Hall–Kier alpha value is -2.48. The van der Waals surface area contributed by atoms with Crippen LogP contribution >= 0.6 is 0 Å². The van der Waals surface area contributed by atoms with Gasteiger partial charge in [0.25, 0.3) is 0 Å². The van der Waals surface area contributed by atoms with E-state index in [9.17, 15) is 15.2 Å². The van der Waals surface area contributed by atoms with E-state index in [1.165, 1.54) is 13.2 Å². The molecule has 0 spiro atoms. The van der Waals surface area contributed by atoms with Crippen LogP contribution in [0.5, 0.6) is 5.75 Å². The average molecular weight is 292 g/mol. The highest BCUT2D eigenvalue weighted by molar-refractivity contribution is 5.71. The number of nitro groups is 1. The van der Waals surface area contributed by atoms with Crippen molar-refractivity contribution in [2.75, 3.05) is 7.11 Å². The van der Waals surface area contributed by atoms with Crippen molar-refractivity contribution in [2.45, 2.75) is 26.5 Å². The lowest BCUT2D eigenvalue weighted by atomic mass is 10.1. The maximum absolute atomic E-state index is 11.1. The van der Waals surface area contributed by atoms with Gasteiger partial charge in [-0.3, -0.25) is 10.1 Å². The zero-order chi connectivity index (χ0) is 15.6. The molecule has 1 aromatic carbocycles. The average Bonchev–Trinajstić information content (AvgIpc) is 2.90. The standard InChI is InChI=1S/C13H16N4O4/c1-8(2)16-11(7-18)14-15-13(16)9-5-4-6-10(17(19)20)12(9)21-3/h4-6,8,18H,7H2,1-3H3. The first-order valence-corrected chi connectivity index (χ1v) is 6.37. The second kappa shape index (κ2) is 5.88. The lowest BCUT2D eigenvalue weighted by Gasteiger charge is -2.14. The van der Waals surface area contributed by atoms with Crippen LogP contribution in [-0.4, -0.2) is 31.9 Å². The summed E-state index contributed by atoms with van der Waals surface area (Å²) in [7, 11) is 1.37. The first kappa shape index (κ1) is 14.9. The molecule has 0 saturated heterocycles. The summed E-state index contributed by atoms with van der Waals surface area (Å²) < 4.78 is 6.91. The molecule has 0 atom stereocenters. The molecule has 1 aromatic heterocycles. The molecule has 2 aromatic rings. The number of aliphatic hydroxyl groups is 1. The molecular formula is C13H16N4O4. The third-order valence-corrected chi connectivity index (χ3v) is 3.06. The Kier molecular flexibility index (Phi) is 4.18. The van der Waals surface area contributed by atoms with Crippen molar-refractivity contribution in [3.63, 3.8) is 0 Å². The van der Waals surface area contributed by atoms with Crippen molar-refractivity contribution in [1.82, 2.24) is 14.8 Å². The predicted octanol–water partition coefficient (Wildman–Crippen LogP) is 1.94. The molecule has 0 radical (unpaired) electrons. The summed E-state index contributed by atoms with van der Waals surface area (Å²) in [5.41, 5.74) is 0.325. The molecule has 1 heterocycles. The molecule has 0 unspecified atom stereocenters. The van der Waals surface area contributed by atoms with E-state index in [1.807, 2.05) is 13.8 Å². The number of ether oxygens (including phenoxy) is 1. The minimum atomic E-state index is -0.509. The molecule has 0 bridgehead atoms. The van der Waals surface area contributed by atoms with Crippen molar-refractivity contribution in [1.29, 1.82) is 0 Å². The fraction of sp³-hybridized carbons (Fsp3) is 0.385. The van der Waals surface area contributed by atoms with Gasteiger partial charge >= 0.3 is 5.69 Å². The van der Waals surface area contributed by atoms with E-state index in [0.29, 0.717) is 17.2 Å². The zero-order valence-corrected chi connectivity index (χ0v) is 12.0. The van der Waals surface area contributed by atoms with Gasteiger partial charge in [0.15, 0.2) is 11.6 Å². The molecule has 0 fully saturated rings. The number of aliphatic hydroxyl groups excluding tert-OH is 1. The smallest absolute Gasteiger partial charge is 0.311 e. The first-order chi connectivity index (χ1) is 10.0. The van der Waals surface area contributed by atoms with Crippen LogP contribution in [0.15, 0.2) is 18.2 Å². The lowest BCUT2D eigenvalue weighted by molar-refractivity contribution is -0.385. The summed E-state index contributed by atoms with van der Waals surface area (Å²) in [5, 5.41) is 28.4. The monoisotopic (exact) mass is 292 g/mol. The van der Waals surface area contributed by atoms with Gasteiger partial charge in [-0.1, -0.05) is 6.07 Å². The molecule has 112 valence electrons. The Morgan fingerprint density at radius 2 is 2.14 bits per heavy atom. The van der Waals surface area contributed by atoms with E-state index in [4.69, 9.17) is 4.74 Å². The van der Waals surface area contributed by atoms with Gasteiger partial charge < -0.3 is 14.4 Å². The molecule has 21 heavy (non-hydrogen) atoms. The second-order valence-electron chi connectivity index (χ2n) is 4.68. The molecular weight excluding hydrogens is 276 g/mol. The van der Waals surface area contributed by atoms with E-state index >= 15 is 0 Å². The van der Waals surface area contributed by atoms with E-state index in [0.717, 1.165) is 0 Å². The number of hydrogen-bond donors (Lipinski definition) is 1. The number of benzene rings is 1. The van der Waals surface area contributed by atoms with Crippen LogP contribution in [0.1, 0.15) is 25.7 Å². The maximum Gasteiger partial charge on any atom is 0.311 e. The van der Waals surface area contributed by atoms with E-state index in [2.05, 4.69) is 10.2 Å². The molecule has 0 amide bonds. The number of para-hydroxylation sites is 1. The summed E-state index contributed by atoms with van der Waals surface area (Å²) >= 11 is 0. The second-order valence-corrected chi connectivity index (χ2v) is 4.68. The molecule has 0 aliphatic heterocycles. The quantitative estimate of drug-likeness (QED) is 0.667. The van der Waals surface area contributed by atoms with Crippen LogP contribution < -0.4 is 4.74 Å². The predicted molar refractivity (Wildman–Crippen MR) is 75.0 cm³/mol. The van der Waals surface area contributed by atoms with Gasteiger partial charge in [0.05, 0.1) is 17.6 Å². The maximum atomic E-state index is 11.1. The summed E-state index contributed by atoms with van der Waals surface area (Å²) in [6.07, 6.45) is 0. The summed E-state index contributed by atoms with van der Waals surface area (Å²) in [4.78, 5) is 10.6. The molecule has 0 saturated carbocycles. The number of aromatic nitrogens is 3. The molecule has 0 aliphatic rings. The minimum Gasteiger partial charge on any atom is -0.490 e. The Balaban J connectivity index is 2.70. The topological polar surface area (TPSA) is 103 Å². The normalized spacial score (nSPS) is 10.9. The van der Waals surface area contributed by atoms with Crippen molar-refractivity contribution < 1.29 is 14.8 Å². The third kappa shape index (κ3) is 2.57. The largest absolute Gasteiger partial charge is 0.490 e. The van der Waals surface area contributed by atoms with Gasteiger partial charge in [0, 0.05) is 12.1 Å². The highest BCUT2D eigenvalue weighted by atomic mass is 16.6. The fourth-order valence-corrected chi connectivity index (χ4v) is 2.22. The van der Waals surface area contributed by atoms with Crippen LogP contribution in [0, 0.1) is 10.1 Å². The van der Waals surface area contributed by atoms with Crippen LogP contribution in [0.25, 0.3) is 11.4 Å². The van der Waals surface area contributed by atoms with Gasteiger partial charge in [-0.25, -0.2) is 0 Å². The van der Waals surface area contributed by atoms with Crippen molar-refractivity contribution in [3.8, 4) is 17.1 Å². The van der Waals surface area contributed by atoms with Crippen molar-refractivity contribution >= 4 is 5.69 Å². The number of nitrogens with zero attached hydrogens (tertiary/aromatic N) is 4. The van der Waals surface area contributed by atoms with Gasteiger partial charge in [0.1, 0.15) is 6.61 Å². The number of rotatable bonds is 5. The number of nitro benzene ring substituents is 1. The zero-order valence-electron chi connectivity index (χ0n) is 12.0. The van der Waals surface area contributed by atoms with Crippen molar-refractivity contribution in [3.05, 3.63) is 34.1 Å². The Morgan fingerprint density at radius 1 is 1.43 bits per heavy atom. The molecule has 8 heteroatoms. The summed E-state index contributed by atoms with van der Waals surface area (Å²) in [6, 6.07) is 4.59. The molecule has 1 N–H and O–H groups in total. The summed E-state index contributed by atoms with van der Waals surface area (Å²) in [5.74, 6) is 0.949. The fourth-order valence-electron chi connectivity index (χ4n) is 2.22. The van der Waals surface area contributed by atoms with Crippen LogP contribution in [0.3, 0.4) is 0 Å². The SMILES string of the molecule is COc1c(-c2nnc(CO)n2C(C)C)cccc1[N+](=O)[O-]. The number of methoxy groups -OCH3 is 1. The number of hydrogen-bond acceptors (Lipinski definition) is 6. The molecule has 8 nitrogen and oxygen atoms in total. The van der Waals surface area contributed by atoms with E-state index in [1.54, 1.807) is 16.7 Å². The Morgan fingerprint density at radius 3 is 2.67 bits per heavy atom. The van der Waals surface area contributed by atoms with Crippen LogP contribution in [-0.2, 0) is 6.61 Å². The minimum absolute atomic E-state index is 0.0129. The van der Waals surface area contributed by atoms with E-state index in [-0.39, 0.29) is 24.1 Å². The molecule has 0 aliphatic carbocycles. The first-order valence-electron chi connectivity index (χ1n) is 6.37. The Labute approximate surface area is 121 Å². The van der Waals surface area contributed by atoms with Gasteiger partial charge in [-0.2, -0.15) is 0 Å². The van der Waals surface area contributed by atoms with E-state index < -0.39 is 4.92 Å². The highest BCUT2D eigenvalue weighted by Gasteiger charge is 2.24. The van der Waals surface area contributed by atoms with Gasteiger partial charge in [-0.05, 0) is 19.9 Å². The summed E-state index contributed by atoms with van der Waals surface area (Å²) in [6.45, 7) is 3.56. The van der Waals surface area contributed by atoms with Gasteiger partial charge in [0.2, 0.25) is 5.75 Å². The Bertz CT molecular complexity index is 666. The highest BCUT2D eigenvalue weighted by Crippen LogP contribution is 2.37.